The molecule has 0 aliphatic heterocycles. The summed E-state index contributed by atoms with van der Waals surface area (Å²) in [6.45, 7) is 1.38. The molecule has 2 rings (SSSR count). The highest BCUT2D eigenvalue weighted by molar-refractivity contribution is 5.71. The van der Waals surface area contributed by atoms with Gasteiger partial charge in [-0.3, -0.25) is 4.79 Å². The van der Waals surface area contributed by atoms with Crippen molar-refractivity contribution in [3.63, 3.8) is 0 Å². The van der Waals surface area contributed by atoms with Crippen LogP contribution in [0.4, 0.5) is 0 Å². The van der Waals surface area contributed by atoms with Crippen LogP contribution < -0.4 is 5.32 Å². The van der Waals surface area contributed by atoms with E-state index in [1.54, 1.807) is 0 Å². The largest absolute Gasteiger partial charge is 0.461 e. The molecule has 2 fully saturated rings. The topological polar surface area (TPSA) is 38.3 Å². The van der Waals surface area contributed by atoms with Crippen molar-refractivity contribution in [2.75, 3.05) is 13.1 Å². The lowest BCUT2D eigenvalue weighted by atomic mass is 10.3. The van der Waals surface area contributed by atoms with E-state index in [0.29, 0.717) is 6.54 Å². The SMILES string of the molecule is O=C(CNCC1CC1)OC1CCCC1. The Balaban J connectivity index is 1.53. The highest BCUT2D eigenvalue weighted by Crippen LogP contribution is 2.27. The molecule has 0 aromatic carbocycles. The Labute approximate surface area is 85.2 Å². The van der Waals surface area contributed by atoms with Crippen LogP contribution in [0.1, 0.15) is 38.5 Å². The molecule has 0 atom stereocenters. The van der Waals surface area contributed by atoms with Crippen LogP contribution in [0, 0.1) is 5.92 Å². The molecule has 3 heteroatoms. The molecule has 0 saturated heterocycles. The summed E-state index contributed by atoms with van der Waals surface area (Å²) in [4.78, 5) is 11.3. The van der Waals surface area contributed by atoms with Crippen molar-refractivity contribution >= 4 is 5.97 Å². The minimum atomic E-state index is -0.0717. The molecular formula is C11H19NO2. The lowest BCUT2D eigenvalue weighted by molar-refractivity contribution is -0.147. The summed E-state index contributed by atoms with van der Waals surface area (Å²) in [7, 11) is 0. The summed E-state index contributed by atoms with van der Waals surface area (Å²) in [5.74, 6) is 0.756. The summed E-state index contributed by atoms with van der Waals surface area (Å²) >= 11 is 0. The maximum atomic E-state index is 11.3. The van der Waals surface area contributed by atoms with Crippen molar-refractivity contribution in [1.29, 1.82) is 0 Å². The molecule has 0 spiro atoms. The second kappa shape index (κ2) is 4.78. The molecule has 0 aromatic heterocycles. The molecule has 14 heavy (non-hydrogen) atoms. The molecule has 3 nitrogen and oxygen atoms in total. The third-order valence-corrected chi connectivity index (χ3v) is 3.00. The first kappa shape index (κ1) is 9.97. The predicted octanol–water partition coefficient (Wildman–Crippen LogP) is 1.47. The van der Waals surface area contributed by atoms with E-state index < -0.39 is 0 Å². The average molecular weight is 197 g/mol. The lowest BCUT2D eigenvalue weighted by Crippen LogP contribution is -2.28. The molecule has 0 heterocycles. The van der Waals surface area contributed by atoms with E-state index in [9.17, 15) is 4.79 Å². The number of esters is 1. The second-order valence-electron chi connectivity index (χ2n) is 4.47. The Hall–Kier alpha value is -0.570. The van der Waals surface area contributed by atoms with Gasteiger partial charge < -0.3 is 10.1 Å². The van der Waals surface area contributed by atoms with Crippen molar-refractivity contribution in [2.45, 2.75) is 44.6 Å². The number of rotatable bonds is 5. The second-order valence-corrected chi connectivity index (χ2v) is 4.47. The van der Waals surface area contributed by atoms with E-state index in [4.69, 9.17) is 4.74 Å². The molecule has 2 saturated carbocycles. The quantitative estimate of drug-likeness (QED) is 0.678. The molecule has 80 valence electrons. The molecule has 2 aliphatic carbocycles. The van der Waals surface area contributed by atoms with Gasteiger partial charge in [-0.2, -0.15) is 0 Å². The van der Waals surface area contributed by atoms with E-state index in [0.717, 1.165) is 25.3 Å². The van der Waals surface area contributed by atoms with Crippen LogP contribution in [-0.4, -0.2) is 25.2 Å². The van der Waals surface area contributed by atoms with Gasteiger partial charge in [-0.25, -0.2) is 0 Å². The van der Waals surface area contributed by atoms with Crippen LogP contribution in [-0.2, 0) is 9.53 Å². The highest BCUT2D eigenvalue weighted by atomic mass is 16.5. The third-order valence-electron chi connectivity index (χ3n) is 3.00. The van der Waals surface area contributed by atoms with Gasteiger partial charge in [0.2, 0.25) is 0 Å². The molecule has 0 radical (unpaired) electrons. The van der Waals surface area contributed by atoms with Crippen LogP contribution in [0.5, 0.6) is 0 Å². The summed E-state index contributed by atoms with van der Waals surface area (Å²) in [6.07, 6.45) is 7.42. The van der Waals surface area contributed by atoms with Crippen LogP contribution in [0.25, 0.3) is 0 Å². The molecular weight excluding hydrogens is 178 g/mol. The summed E-state index contributed by atoms with van der Waals surface area (Å²) in [6, 6.07) is 0. The summed E-state index contributed by atoms with van der Waals surface area (Å²) < 4.78 is 5.31. The van der Waals surface area contributed by atoms with Gasteiger partial charge in [-0.15, -0.1) is 0 Å². The Morgan fingerprint density at radius 3 is 2.57 bits per heavy atom. The minimum absolute atomic E-state index is 0.0717. The van der Waals surface area contributed by atoms with Crippen molar-refractivity contribution in [3.05, 3.63) is 0 Å². The normalized spacial score (nSPS) is 22.6. The zero-order chi connectivity index (χ0) is 9.80. The first-order valence-corrected chi connectivity index (χ1v) is 5.75. The molecule has 1 N–H and O–H groups in total. The fourth-order valence-corrected chi connectivity index (χ4v) is 1.93. The Morgan fingerprint density at radius 1 is 1.21 bits per heavy atom. The molecule has 0 aromatic rings. The van der Waals surface area contributed by atoms with E-state index in [2.05, 4.69) is 5.32 Å². The number of nitrogens with one attached hydrogen (secondary N) is 1. The van der Waals surface area contributed by atoms with E-state index in [1.807, 2.05) is 0 Å². The number of carbonyl (C=O) groups is 1. The molecule has 0 unspecified atom stereocenters. The maximum absolute atomic E-state index is 11.3. The van der Waals surface area contributed by atoms with Crippen LogP contribution in [0.15, 0.2) is 0 Å². The van der Waals surface area contributed by atoms with Crippen LogP contribution >= 0.6 is 0 Å². The van der Waals surface area contributed by atoms with Gasteiger partial charge >= 0.3 is 5.97 Å². The van der Waals surface area contributed by atoms with Gasteiger partial charge in [-0.05, 0) is 51.0 Å². The first-order valence-electron chi connectivity index (χ1n) is 5.75. The van der Waals surface area contributed by atoms with Crippen LogP contribution in [0.2, 0.25) is 0 Å². The first-order chi connectivity index (χ1) is 6.84. The monoisotopic (exact) mass is 197 g/mol. The number of hydrogen-bond donors (Lipinski definition) is 1. The van der Waals surface area contributed by atoms with Gasteiger partial charge in [0.25, 0.3) is 0 Å². The predicted molar refractivity (Wildman–Crippen MR) is 53.9 cm³/mol. The molecule has 0 amide bonds. The Morgan fingerprint density at radius 2 is 1.93 bits per heavy atom. The van der Waals surface area contributed by atoms with Gasteiger partial charge in [0.05, 0.1) is 6.54 Å². The van der Waals surface area contributed by atoms with Gasteiger partial charge in [-0.1, -0.05) is 0 Å². The van der Waals surface area contributed by atoms with Gasteiger partial charge in [0.15, 0.2) is 0 Å². The highest BCUT2D eigenvalue weighted by Gasteiger charge is 2.22. The zero-order valence-electron chi connectivity index (χ0n) is 8.63. The average Bonchev–Trinajstić information content (AvgIpc) is 2.83. The van der Waals surface area contributed by atoms with Gasteiger partial charge in [0, 0.05) is 0 Å². The van der Waals surface area contributed by atoms with Crippen molar-refractivity contribution < 1.29 is 9.53 Å². The third kappa shape index (κ3) is 3.29. The molecule has 0 bridgehead atoms. The Bertz CT molecular complexity index is 195. The lowest BCUT2D eigenvalue weighted by Gasteiger charge is -2.11. The standard InChI is InChI=1S/C11H19NO2/c13-11(8-12-7-9-5-6-9)14-10-3-1-2-4-10/h9-10,12H,1-8H2. The van der Waals surface area contributed by atoms with Crippen LogP contribution in [0.3, 0.4) is 0 Å². The van der Waals surface area contributed by atoms with E-state index in [-0.39, 0.29) is 12.1 Å². The molecule has 2 aliphatic rings. The number of carbonyl (C=O) groups excluding carboxylic acids is 1. The summed E-state index contributed by atoms with van der Waals surface area (Å²) in [5, 5.41) is 3.15. The van der Waals surface area contributed by atoms with Gasteiger partial charge in [0.1, 0.15) is 6.10 Å². The Kier molecular flexibility index (Phi) is 3.40. The number of ether oxygens (including phenoxy) is 1. The maximum Gasteiger partial charge on any atom is 0.320 e. The zero-order valence-corrected chi connectivity index (χ0v) is 8.63. The fraction of sp³-hybridized carbons (Fsp3) is 0.909. The van der Waals surface area contributed by atoms with E-state index >= 15 is 0 Å². The van der Waals surface area contributed by atoms with Crippen molar-refractivity contribution in [2.24, 2.45) is 5.92 Å². The van der Waals surface area contributed by atoms with Crippen molar-refractivity contribution in [1.82, 2.24) is 5.32 Å². The van der Waals surface area contributed by atoms with E-state index in [1.165, 1.54) is 25.7 Å². The minimum Gasteiger partial charge on any atom is -0.461 e. The fourth-order valence-electron chi connectivity index (χ4n) is 1.93. The number of hydrogen-bond acceptors (Lipinski definition) is 3. The smallest absolute Gasteiger partial charge is 0.320 e. The summed E-state index contributed by atoms with van der Waals surface area (Å²) in [5.41, 5.74) is 0. The van der Waals surface area contributed by atoms with Crippen molar-refractivity contribution in [3.8, 4) is 0 Å².